The van der Waals surface area contributed by atoms with Crippen molar-refractivity contribution in [1.82, 2.24) is 0 Å². The van der Waals surface area contributed by atoms with Gasteiger partial charge in [0.2, 0.25) is 0 Å². The molecule has 0 heterocycles. The van der Waals surface area contributed by atoms with Crippen LogP contribution >= 0.6 is 0 Å². The van der Waals surface area contributed by atoms with Crippen molar-refractivity contribution in [2.75, 3.05) is 18.5 Å². The molecule has 0 fully saturated rings. The lowest BCUT2D eigenvalue weighted by molar-refractivity contribution is 0.0734. The van der Waals surface area contributed by atoms with Crippen molar-refractivity contribution in [2.24, 2.45) is 5.92 Å². The smallest absolute Gasteiger partial charge is 0.343 e. The fourth-order valence-corrected chi connectivity index (χ4v) is 5.21. The van der Waals surface area contributed by atoms with Gasteiger partial charge in [0, 0.05) is 11.3 Å². The lowest BCUT2D eigenvalue weighted by Gasteiger charge is -2.12. The number of rotatable bonds is 24. The van der Waals surface area contributed by atoms with Gasteiger partial charge in [-0.3, -0.25) is 4.79 Å². The third-order valence-corrected chi connectivity index (χ3v) is 8.53. The summed E-state index contributed by atoms with van der Waals surface area (Å²) in [6.07, 6.45) is 19.7. The Bertz CT molecular complexity index is 1270. The zero-order chi connectivity index (χ0) is 33.5. The minimum atomic E-state index is -0.462. The Kier molecular flexibility index (Phi) is 18.2. The average Bonchev–Trinajstić information content (AvgIpc) is 3.10. The molecule has 6 heteroatoms. The number of nitrogens with one attached hydrogen (secondary N) is 1. The van der Waals surface area contributed by atoms with E-state index in [1.165, 1.54) is 83.5 Å². The molecule has 1 unspecified atom stereocenters. The third-order valence-electron chi connectivity index (χ3n) is 8.53. The van der Waals surface area contributed by atoms with E-state index in [4.69, 9.17) is 14.2 Å². The molecule has 3 aromatic rings. The molecule has 0 aliphatic carbocycles. The van der Waals surface area contributed by atoms with Crippen LogP contribution in [-0.2, 0) is 0 Å². The van der Waals surface area contributed by atoms with Crippen LogP contribution in [0.25, 0.3) is 0 Å². The Morgan fingerprint density at radius 2 is 1.04 bits per heavy atom. The highest BCUT2D eigenvalue weighted by Gasteiger charge is 2.11. The summed E-state index contributed by atoms with van der Waals surface area (Å²) in [6, 6.07) is 20.9. The van der Waals surface area contributed by atoms with Crippen LogP contribution in [0.1, 0.15) is 138 Å². The molecule has 0 aliphatic heterocycles. The van der Waals surface area contributed by atoms with Gasteiger partial charge in [0.1, 0.15) is 17.2 Å². The monoisotopic (exact) mass is 643 g/mol. The minimum Gasteiger partial charge on any atom is -0.494 e. The number of esters is 1. The van der Waals surface area contributed by atoms with Gasteiger partial charge in [0.25, 0.3) is 5.91 Å². The van der Waals surface area contributed by atoms with E-state index in [-0.39, 0.29) is 5.91 Å². The number of hydrogen-bond donors (Lipinski definition) is 1. The summed E-state index contributed by atoms with van der Waals surface area (Å²) in [4.78, 5) is 25.4. The van der Waals surface area contributed by atoms with Gasteiger partial charge in [-0.05, 0) is 85.1 Å². The maximum absolute atomic E-state index is 12.7. The molecule has 3 aromatic carbocycles. The molecule has 256 valence electrons. The Morgan fingerprint density at radius 3 is 1.60 bits per heavy atom. The van der Waals surface area contributed by atoms with E-state index < -0.39 is 5.97 Å². The predicted molar refractivity (Wildman–Crippen MR) is 193 cm³/mol. The molecule has 3 rings (SSSR count). The van der Waals surface area contributed by atoms with Gasteiger partial charge in [-0.25, -0.2) is 4.79 Å². The summed E-state index contributed by atoms with van der Waals surface area (Å²) in [5, 5.41) is 2.88. The zero-order valence-corrected chi connectivity index (χ0v) is 29.1. The first-order chi connectivity index (χ1) is 23.0. The number of hydrogen-bond acceptors (Lipinski definition) is 5. The highest BCUT2D eigenvalue weighted by atomic mass is 16.5. The second kappa shape index (κ2) is 22.7. The summed E-state index contributed by atoms with van der Waals surface area (Å²) >= 11 is 0. The summed E-state index contributed by atoms with van der Waals surface area (Å²) in [5.41, 5.74) is 1.57. The van der Waals surface area contributed by atoms with Crippen LogP contribution in [0.5, 0.6) is 17.2 Å². The Morgan fingerprint density at radius 1 is 0.574 bits per heavy atom. The topological polar surface area (TPSA) is 73.9 Å². The molecule has 0 saturated carbocycles. The first-order valence-corrected chi connectivity index (χ1v) is 18.1. The highest BCUT2D eigenvalue weighted by Crippen LogP contribution is 2.20. The van der Waals surface area contributed by atoms with E-state index in [1.54, 1.807) is 48.5 Å². The number of amides is 1. The van der Waals surface area contributed by atoms with Crippen LogP contribution in [0.15, 0.2) is 72.8 Å². The van der Waals surface area contributed by atoms with Crippen LogP contribution in [-0.4, -0.2) is 25.1 Å². The van der Waals surface area contributed by atoms with Crippen molar-refractivity contribution in [2.45, 2.75) is 117 Å². The first-order valence-electron chi connectivity index (χ1n) is 18.1. The Labute approximate surface area is 283 Å². The molecule has 47 heavy (non-hydrogen) atoms. The number of carbonyl (C=O) groups excluding carboxylic acids is 2. The van der Waals surface area contributed by atoms with Crippen LogP contribution in [0, 0.1) is 5.92 Å². The van der Waals surface area contributed by atoms with Gasteiger partial charge in [0.15, 0.2) is 0 Å². The van der Waals surface area contributed by atoms with Crippen molar-refractivity contribution in [1.29, 1.82) is 0 Å². The van der Waals surface area contributed by atoms with E-state index in [9.17, 15) is 9.59 Å². The fourth-order valence-electron chi connectivity index (χ4n) is 5.21. The van der Waals surface area contributed by atoms with Gasteiger partial charge >= 0.3 is 5.97 Å². The third kappa shape index (κ3) is 15.6. The predicted octanol–water partition coefficient (Wildman–Crippen LogP) is 11.4. The number of benzene rings is 3. The van der Waals surface area contributed by atoms with Crippen molar-refractivity contribution in [3.63, 3.8) is 0 Å². The summed E-state index contributed by atoms with van der Waals surface area (Å²) < 4.78 is 17.2. The molecule has 1 amide bonds. The van der Waals surface area contributed by atoms with Crippen LogP contribution in [0.4, 0.5) is 5.69 Å². The summed E-state index contributed by atoms with van der Waals surface area (Å²) in [5.74, 6) is 1.67. The van der Waals surface area contributed by atoms with Gasteiger partial charge in [0.05, 0.1) is 18.8 Å². The van der Waals surface area contributed by atoms with Crippen molar-refractivity contribution >= 4 is 17.6 Å². The van der Waals surface area contributed by atoms with Gasteiger partial charge in [-0.1, -0.05) is 111 Å². The van der Waals surface area contributed by atoms with Crippen LogP contribution < -0.4 is 19.5 Å². The second-order valence-electron chi connectivity index (χ2n) is 12.7. The fraction of sp³-hybridized carbons (Fsp3) is 0.512. The number of unbranched alkanes of at least 4 members (excludes halogenated alkanes) is 13. The maximum atomic E-state index is 12.7. The second-order valence-corrected chi connectivity index (χ2v) is 12.7. The van der Waals surface area contributed by atoms with Gasteiger partial charge in [-0.2, -0.15) is 0 Å². The maximum Gasteiger partial charge on any atom is 0.343 e. The molecular weight excluding hydrogens is 586 g/mol. The van der Waals surface area contributed by atoms with Crippen LogP contribution in [0.3, 0.4) is 0 Å². The van der Waals surface area contributed by atoms with Crippen LogP contribution in [0.2, 0.25) is 0 Å². The normalized spacial score (nSPS) is 11.6. The number of ether oxygens (including phenoxy) is 3. The first kappa shape index (κ1) is 37.7. The number of anilines is 1. The lowest BCUT2D eigenvalue weighted by Crippen LogP contribution is -2.12. The summed E-state index contributed by atoms with van der Waals surface area (Å²) in [6.45, 7) is 7.90. The molecule has 0 bridgehead atoms. The Balaban J connectivity index is 1.27. The minimum absolute atomic E-state index is 0.249. The molecule has 6 nitrogen and oxygen atoms in total. The van der Waals surface area contributed by atoms with E-state index in [0.29, 0.717) is 41.7 Å². The molecule has 0 spiro atoms. The standard InChI is InChI=1S/C41H57NO5/c1-4-6-7-8-9-10-11-12-13-14-15-16-17-18-31-45-37-25-21-35(22-26-37)41(44)47-39-27-19-34(20-28-39)40(43)42-36-23-29-38(30-24-36)46-32-33(3)5-2/h19-30,33H,4-18,31-32H2,1-3H3,(H,42,43). The SMILES string of the molecule is CCCCCCCCCCCCCCCCOc1ccc(C(=O)Oc2ccc(C(=O)Nc3ccc(OCC(C)CC)cc3)cc2)cc1. The van der Waals surface area contributed by atoms with E-state index in [0.717, 1.165) is 24.3 Å². The zero-order valence-electron chi connectivity index (χ0n) is 29.1. The Hall–Kier alpha value is -3.80. The van der Waals surface area contributed by atoms with Gasteiger partial charge in [-0.15, -0.1) is 0 Å². The molecule has 0 aliphatic rings. The average molecular weight is 644 g/mol. The quantitative estimate of drug-likeness (QED) is 0.0597. The van der Waals surface area contributed by atoms with Crippen molar-refractivity contribution in [3.05, 3.63) is 83.9 Å². The lowest BCUT2D eigenvalue weighted by atomic mass is 10.0. The molecule has 1 atom stereocenters. The summed E-state index contributed by atoms with van der Waals surface area (Å²) in [7, 11) is 0. The molecule has 1 N–H and O–H groups in total. The van der Waals surface area contributed by atoms with E-state index >= 15 is 0 Å². The largest absolute Gasteiger partial charge is 0.494 e. The molecule has 0 radical (unpaired) electrons. The highest BCUT2D eigenvalue weighted by molar-refractivity contribution is 6.04. The van der Waals surface area contributed by atoms with Gasteiger partial charge < -0.3 is 19.5 Å². The molecule has 0 aromatic heterocycles. The van der Waals surface area contributed by atoms with E-state index in [1.807, 2.05) is 24.3 Å². The molecular formula is C41H57NO5. The van der Waals surface area contributed by atoms with E-state index in [2.05, 4.69) is 26.1 Å². The van der Waals surface area contributed by atoms with Crippen molar-refractivity contribution in [3.8, 4) is 17.2 Å². The van der Waals surface area contributed by atoms with Crippen molar-refractivity contribution < 1.29 is 23.8 Å². The number of carbonyl (C=O) groups is 2. The molecule has 0 saturated heterocycles.